The first-order valence-corrected chi connectivity index (χ1v) is 11.0. The Balaban J connectivity index is 2.02. The second kappa shape index (κ2) is 11.3. The maximum Gasteiger partial charge on any atom is 0.137 e. The van der Waals surface area contributed by atoms with E-state index in [4.69, 9.17) is 26.1 Å². The summed E-state index contributed by atoms with van der Waals surface area (Å²) in [5.74, 6) is 0.637. The van der Waals surface area contributed by atoms with Gasteiger partial charge >= 0.3 is 0 Å². The van der Waals surface area contributed by atoms with Gasteiger partial charge in [-0.2, -0.15) is 5.26 Å². The number of ether oxygens (including phenoxy) is 2. The maximum absolute atomic E-state index is 9.67. The Hall–Kier alpha value is -2.89. The zero-order valence-corrected chi connectivity index (χ0v) is 20.5. The fraction of sp³-hybridized carbons (Fsp3) is 0.360. The van der Waals surface area contributed by atoms with Crippen molar-refractivity contribution in [2.45, 2.75) is 32.8 Å². The molecule has 0 spiro atoms. The van der Waals surface area contributed by atoms with Crippen LogP contribution in [0.1, 0.15) is 29.2 Å². The van der Waals surface area contributed by atoms with Crippen molar-refractivity contribution in [1.29, 1.82) is 5.26 Å². The summed E-state index contributed by atoms with van der Waals surface area (Å²) < 4.78 is 10.7. The number of methoxy groups -OCH3 is 2. The summed E-state index contributed by atoms with van der Waals surface area (Å²) in [6.45, 7) is 3.63. The van der Waals surface area contributed by atoms with E-state index in [1.165, 1.54) is 0 Å². The number of pyridine rings is 1. The van der Waals surface area contributed by atoms with Gasteiger partial charge in [-0.3, -0.25) is 15.2 Å². The SMILES string of the molecule is COCc1cnc2c(CNC(C)N(C)C)cc(C#N)cc2c1NCc1ccc(OC)c(Cl)c1. The summed E-state index contributed by atoms with van der Waals surface area (Å²) in [5.41, 5.74) is 5.23. The zero-order valence-electron chi connectivity index (χ0n) is 19.7. The smallest absolute Gasteiger partial charge is 0.137 e. The molecule has 0 aliphatic rings. The van der Waals surface area contributed by atoms with Crippen molar-refractivity contribution in [3.05, 3.63) is 63.8 Å². The third-order valence-corrected chi connectivity index (χ3v) is 5.90. The van der Waals surface area contributed by atoms with Crippen molar-refractivity contribution in [3.8, 4) is 11.8 Å². The van der Waals surface area contributed by atoms with Crippen LogP contribution in [0.2, 0.25) is 5.02 Å². The first-order chi connectivity index (χ1) is 15.9. The molecule has 0 aliphatic carbocycles. The highest BCUT2D eigenvalue weighted by atomic mass is 35.5. The molecule has 2 N–H and O–H groups in total. The van der Waals surface area contributed by atoms with Crippen LogP contribution in [0.5, 0.6) is 5.75 Å². The number of halogens is 1. The molecule has 0 saturated carbocycles. The Morgan fingerprint density at radius 2 is 1.94 bits per heavy atom. The van der Waals surface area contributed by atoms with Crippen molar-refractivity contribution in [2.24, 2.45) is 0 Å². The largest absolute Gasteiger partial charge is 0.495 e. The summed E-state index contributed by atoms with van der Waals surface area (Å²) in [6.07, 6.45) is 2.01. The summed E-state index contributed by atoms with van der Waals surface area (Å²) in [5, 5.41) is 18.1. The Morgan fingerprint density at radius 1 is 1.15 bits per heavy atom. The minimum Gasteiger partial charge on any atom is -0.495 e. The van der Waals surface area contributed by atoms with Crippen molar-refractivity contribution < 1.29 is 9.47 Å². The first kappa shape index (κ1) is 24.7. The fourth-order valence-electron chi connectivity index (χ4n) is 3.54. The quantitative estimate of drug-likeness (QED) is 0.424. The number of nitrogens with zero attached hydrogens (tertiary/aromatic N) is 3. The zero-order chi connectivity index (χ0) is 24.0. The Kier molecular flexibility index (Phi) is 8.48. The average molecular weight is 468 g/mol. The molecule has 174 valence electrons. The van der Waals surface area contributed by atoms with Gasteiger partial charge in [0.05, 0.1) is 47.7 Å². The highest BCUT2D eigenvalue weighted by Gasteiger charge is 2.15. The van der Waals surface area contributed by atoms with Gasteiger partial charge in [-0.1, -0.05) is 17.7 Å². The van der Waals surface area contributed by atoms with Crippen molar-refractivity contribution in [2.75, 3.05) is 33.6 Å². The lowest BCUT2D eigenvalue weighted by atomic mass is 10.0. The number of hydrogen-bond donors (Lipinski definition) is 2. The van der Waals surface area contributed by atoms with Gasteiger partial charge in [0.15, 0.2) is 0 Å². The minimum atomic E-state index is 0.177. The number of fused-ring (bicyclic) bond motifs is 1. The second-order valence-electron chi connectivity index (χ2n) is 8.08. The van der Waals surface area contributed by atoms with E-state index in [9.17, 15) is 5.26 Å². The number of aromatic nitrogens is 1. The first-order valence-electron chi connectivity index (χ1n) is 10.7. The lowest BCUT2D eigenvalue weighted by molar-refractivity contribution is 0.185. The van der Waals surface area contributed by atoms with Crippen molar-refractivity contribution in [3.63, 3.8) is 0 Å². The molecule has 8 heteroatoms. The van der Waals surface area contributed by atoms with E-state index in [2.05, 4.69) is 28.5 Å². The maximum atomic E-state index is 9.67. The minimum absolute atomic E-state index is 0.177. The van der Waals surface area contributed by atoms with Crippen LogP contribution in [0.4, 0.5) is 5.69 Å². The van der Waals surface area contributed by atoms with Crippen LogP contribution in [0.3, 0.4) is 0 Å². The molecule has 7 nitrogen and oxygen atoms in total. The molecular weight excluding hydrogens is 438 g/mol. The summed E-state index contributed by atoms with van der Waals surface area (Å²) in [4.78, 5) is 6.82. The molecule has 1 atom stereocenters. The molecule has 0 saturated heterocycles. The van der Waals surface area contributed by atoms with E-state index < -0.39 is 0 Å². The monoisotopic (exact) mass is 467 g/mol. The van der Waals surface area contributed by atoms with E-state index in [0.717, 1.165) is 33.3 Å². The van der Waals surface area contributed by atoms with Crippen LogP contribution in [-0.4, -0.2) is 44.4 Å². The van der Waals surface area contributed by atoms with Crippen LogP contribution in [0, 0.1) is 11.3 Å². The molecule has 0 radical (unpaired) electrons. The predicted octanol–water partition coefficient (Wildman–Crippen LogP) is 4.52. The topological polar surface area (TPSA) is 82.4 Å². The van der Waals surface area contributed by atoms with Gasteiger partial charge < -0.3 is 14.8 Å². The Labute approximate surface area is 200 Å². The number of benzene rings is 2. The second-order valence-corrected chi connectivity index (χ2v) is 8.48. The van der Waals surface area contributed by atoms with Crippen LogP contribution in [0.25, 0.3) is 10.9 Å². The molecule has 1 heterocycles. The van der Waals surface area contributed by atoms with E-state index in [0.29, 0.717) is 36.0 Å². The van der Waals surface area contributed by atoms with Gasteiger partial charge in [-0.25, -0.2) is 0 Å². The molecule has 0 bridgehead atoms. The molecule has 0 amide bonds. The predicted molar refractivity (Wildman–Crippen MR) is 132 cm³/mol. The van der Waals surface area contributed by atoms with Crippen molar-refractivity contribution >= 4 is 28.2 Å². The lowest BCUT2D eigenvalue weighted by Gasteiger charge is -2.22. The molecule has 33 heavy (non-hydrogen) atoms. The number of hydrogen-bond acceptors (Lipinski definition) is 7. The van der Waals surface area contributed by atoms with Gasteiger partial charge in [-0.05, 0) is 56.4 Å². The van der Waals surface area contributed by atoms with Crippen LogP contribution in [-0.2, 0) is 24.4 Å². The van der Waals surface area contributed by atoms with Gasteiger partial charge in [0.2, 0.25) is 0 Å². The average Bonchev–Trinajstić information content (AvgIpc) is 2.81. The summed E-state index contributed by atoms with van der Waals surface area (Å²) in [6, 6.07) is 11.8. The molecule has 1 unspecified atom stereocenters. The highest BCUT2D eigenvalue weighted by molar-refractivity contribution is 6.32. The van der Waals surface area contributed by atoms with Gasteiger partial charge in [0.25, 0.3) is 0 Å². The van der Waals surface area contributed by atoms with E-state index >= 15 is 0 Å². The Bertz CT molecular complexity index is 1160. The third kappa shape index (κ3) is 5.92. The summed E-state index contributed by atoms with van der Waals surface area (Å²) >= 11 is 6.30. The third-order valence-electron chi connectivity index (χ3n) is 5.61. The van der Waals surface area contributed by atoms with E-state index in [1.807, 2.05) is 50.6 Å². The molecular formula is C25H30ClN5O2. The molecule has 3 aromatic rings. The molecule has 2 aromatic carbocycles. The van der Waals surface area contributed by atoms with Crippen LogP contribution >= 0.6 is 11.6 Å². The standard InChI is InChI=1S/C25H30ClN5O2/c1-16(31(2)3)28-13-19-8-18(11-27)9-21-24(19)30-14-20(15-32-4)25(21)29-12-17-6-7-23(33-5)22(26)10-17/h6-10,14,16,28H,12-13,15H2,1-5H3,(H,29,30). The number of nitriles is 1. The lowest BCUT2D eigenvalue weighted by Crippen LogP contribution is -2.38. The van der Waals surface area contributed by atoms with E-state index in [-0.39, 0.29) is 6.17 Å². The molecule has 0 fully saturated rings. The van der Waals surface area contributed by atoms with E-state index in [1.54, 1.807) is 14.2 Å². The van der Waals surface area contributed by atoms with Crippen LogP contribution < -0.4 is 15.4 Å². The van der Waals surface area contributed by atoms with Gasteiger partial charge in [0.1, 0.15) is 5.75 Å². The number of anilines is 1. The van der Waals surface area contributed by atoms with Gasteiger partial charge in [0, 0.05) is 37.3 Å². The number of nitrogens with one attached hydrogen (secondary N) is 2. The normalized spacial score (nSPS) is 12.1. The van der Waals surface area contributed by atoms with Gasteiger partial charge in [-0.15, -0.1) is 0 Å². The molecule has 1 aromatic heterocycles. The highest BCUT2D eigenvalue weighted by Crippen LogP contribution is 2.31. The van der Waals surface area contributed by atoms with Crippen LogP contribution in [0.15, 0.2) is 36.5 Å². The molecule has 3 rings (SSSR count). The summed E-state index contributed by atoms with van der Waals surface area (Å²) in [7, 11) is 7.28. The molecule has 0 aliphatic heterocycles. The van der Waals surface area contributed by atoms with Crippen molar-refractivity contribution in [1.82, 2.24) is 15.2 Å². The fourth-order valence-corrected chi connectivity index (χ4v) is 3.82. The Morgan fingerprint density at radius 3 is 2.58 bits per heavy atom. The number of rotatable bonds is 10.